The molecular weight excluding hydrogens is 244 g/mol. The van der Waals surface area contributed by atoms with Gasteiger partial charge in [0.1, 0.15) is 5.75 Å². The van der Waals surface area contributed by atoms with Crippen molar-refractivity contribution in [3.63, 3.8) is 0 Å². The van der Waals surface area contributed by atoms with E-state index < -0.39 is 0 Å². The molecule has 1 fully saturated rings. The maximum absolute atomic E-state index is 9.87. The summed E-state index contributed by atoms with van der Waals surface area (Å²) in [7, 11) is 1.61. The highest BCUT2D eigenvalue weighted by Gasteiger charge is 2.31. The maximum Gasteiger partial charge on any atom is 0.229 e. The third kappa shape index (κ3) is 2.61. The van der Waals surface area contributed by atoms with Crippen LogP contribution >= 0.6 is 0 Å². The molecule has 0 spiro atoms. The van der Waals surface area contributed by atoms with Crippen molar-refractivity contribution in [1.82, 2.24) is 10.1 Å². The van der Waals surface area contributed by atoms with Gasteiger partial charge in [0, 0.05) is 0 Å². The highest BCUT2D eigenvalue weighted by atomic mass is 16.5. The molecule has 1 aliphatic rings. The van der Waals surface area contributed by atoms with E-state index in [2.05, 4.69) is 10.1 Å². The Morgan fingerprint density at radius 3 is 2.95 bits per heavy atom. The Kier molecular flexibility index (Phi) is 3.21. The van der Waals surface area contributed by atoms with Crippen molar-refractivity contribution in [3.8, 4) is 17.1 Å². The van der Waals surface area contributed by atoms with E-state index in [0.29, 0.717) is 29.8 Å². The van der Waals surface area contributed by atoms with Crippen LogP contribution in [-0.4, -0.2) is 28.5 Å². The van der Waals surface area contributed by atoms with Crippen LogP contribution in [0.2, 0.25) is 0 Å². The number of rotatable bonds is 5. The number of methoxy groups -OCH3 is 1. The second kappa shape index (κ2) is 5.01. The molecule has 1 aliphatic carbocycles. The minimum absolute atomic E-state index is 0.369. The molecule has 100 valence electrons. The molecule has 0 amide bonds. The van der Waals surface area contributed by atoms with Crippen molar-refractivity contribution in [2.75, 3.05) is 7.11 Å². The number of aromatic nitrogens is 2. The van der Waals surface area contributed by atoms with Crippen molar-refractivity contribution in [2.24, 2.45) is 5.92 Å². The van der Waals surface area contributed by atoms with E-state index >= 15 is 0 Å². The van der Waals surface area contributed by atoms with Gasteiger partial charge in [-0.1, -0.05) is 17.3 Å². The van der Waals surface area contributed by atoms with Crippen LogP contribution in [0, 0.1) is 5.92 Å². The summed E-state index contributed by atoms with van der Waals surface area (Å²) >= 11 is 0. The van der Waals surface area contributed by atoms with Crippen molar-refractivity contribution < 1.29 is 14.4 Å². The lowest BCUT2D eigenvalue weighted by Gasteiger charge is -2.04. The molecule has 1 unspecified atom stereocenters. The lowest BCUT2D eigenvalue weighted by atomic mass is 10.1. The molecule has 0 radical (unpaired) electrons. The highest BCUT2D eigenvalue weighted by molar-refractivity contribution is 5.63. The summed E-state index contributed by atoms with van der Waals surface area (Å²) in [5.74, 6) is 2.08. The van der Waals surface area contributed by atoms with Gasteiger partial charge < -0.3 is 14.4 Å². The topological polar surface area (TPSA) is 68.4 Å². The molecular formula is C14H16N2O3. The molecule has 1 aromatic heterocycles. The number of hydrogen-bond acceptors (Lipinski definition) is 5. The first kappa shape index (κ1) is 12.2. The second-order valence-corrected chi connectivity index (χ2v) is 4.82. The average Bonchev–Trinajstić information content (AvgIpc) is 3.20. The van der Waals surface area contributed by atoms with Crippen molar-refractivity contribution in [2.45, 2.75) is 25.4 Å². The summed E-state index contributed by atoms with van der Waals surface area (Å²) in [6.45, 7) is 0. The van der Waals surface area contributed by atoms with Crippen LogP contribution in [0.5, 0.6) is 5.75 Å². The van der Waals surface area contributed by atoms with Crippen LogP contribution in [0.4, 0.5) is 0 Å². The molecule has 19 heavy (non-hydrogen) atoms. The number of benzene rings is 1. The third-order valence-electron chi connectivity index (χ3n) is 3.37. The average molecular weight is 260 g/mol. The molecule has 0 aliphatic heterocycles. The second-order valence-electron chi connectivity index (χ2n) is 4.82. The van der Waals surface area contributed by atoms with Crippen LogP contribution in [0.1, 0.15) is 18.7 Å². The van der Waals surface area contributed by atoms with Gasteiger partial charge in [-0.25, -0.2) is 0 Å². The predicted molar refractivity (Wildman–Crippen MR) is 68.7 cm³/mol. The number of hydrogen-bond donors (Lipinski definition) is 1. The number of para-hydroxylation sites is 1. The third-order valence-corrected chi connectivity index (χ3v) is 3.37. The molecule has 0 saturated heterocycles. The van der Waals surface area contributed by atoms with Gasteiger partial charge >= 0.3 is 0 Å². The van der Waals surface area contributed by atoms with Gasteiger partial charge in [-0.15, -0.1) is 0 Å². The monoisotopic (exact) mass is 260 g/mol. The standard InChI is InChI=1S/C14H16N2O3/c1-18-12-5-3-2-4-10(12)14-15-13(19-16-14)8-11(17)9-6-7-9/h2-5,9,11,17H,6-8H2,1H3. The number of ether oxygens (including phenoxy) is 1. The van der Waals surface area contributed by atoms with E-state index in [1.807, 2.05) is 24.3 Å². The lowest BCUT2D eigenvalue weighted by molar-refractivity contribution is 0.140. The number of nitrogens with zero attached hydrogens (tertiary/aromatic N) is 2. The minimum Gasteiger partial charge on any atom is -0.496 e. The SMILES string of the molecule is COc1ccccc1-c1noc(CC(O)C2CC2)n1. The number of aliphatic hydroxyl groups excluding tert-OH is 1. The van der Waals surface area contributed by atoms with Crippen molar-refractivity contribution in [3.05, 3.63) is 30.2 Å². The first-order valence-corrected chi connectivity index (χ1v) is 6.42. The van der Waals surface area contributed by atoms with Crippen LogP contribution < -0.4 is 4.74 Å². The van der Waals surface area contributed by atoms with E-state index in [4.69, 9.17) is 9.26 Å². The lowest BCUT2D eigenvalue weighted by Crippen LogP contribution is -2.12. The van der Waals surface area contributed by atoms with Crippen molar-refractivity contribution >= 4 is 0 Å². The van der Waals surface area contributed by atoms with Gasteiger partial charge in [0.15, 0.2) is 0 Å². The van der Waals surface area contributed by atoms with Crippen molar-refractivity contribution in [1.29, 1.82) is 0 Å². The molecule has 1 saturated carbocycles. The van der Waals surface area contributed by atoms with E-state index in [-0.39, 0.29) is 6.10 Å². The van der Waals surface area contributed by atoms with Gasteiger partial charge in [-0.2, -0.15) is 4.98 Å². The summed E-state index contributed by atoms with van der Waals surface area (Å²) in [4.78, 5) is 4.32. The van der Waals surface area contributed by atoms with Gasteiger partial charge in [0.2, 0.25) is 11.7 Å². The zero-order chi connectivity index (χ0) is 13.2. The molecule has 3 rings (SSSR count). The normalized spacial score (nSPS) is 16.3. The summed E-state index contributed by atoms with van der Waals surface area (Å²) < 4.78 is 10.5. The fourth-order valence-corrected chi connectivity index (χ4v) is 2.10. The Balaban J connectivity index is 1.80. The zero-order valence-electron chi connectivity index (χ0n) is 10.7. The first-order valence-electron chi connectivity index (χ1n) is 6.42. The van der Waals surface area contributed by atoms with E-state index in [1.54, 1.807) is 7.11 Å². The Hall–Kier alpha value is -1.88. The zero-order valence-corrected chi connectivity index (χ0v) is 10.7. The van der Waals surface area contributed by atoms with E-state index in [9.17, 15) is 5.11 Å². The van der Waals surface area contributed by atoms with Crippen LogP contribution in [0.3, 0.4) is 0 Å². The smallest absolute Gasteiger partial charge is 0.229 e. The fourth-order valence-electron chi connectivity index (χ4n) is 2.10. The predicted octanol–water partition coefficient (Wildman–Crippen LogP) is 2.06. The molecule has 5 heteroatoms. The summed E-state index contributed by atoms with van der Waals surface area (Å²) in [6, 6.07) is 7.52. The maximum atomic E-state index is 9.87. The summed E-state index contributed by atoms with van der Waals surface area (Å²) in [5, 5.41) is 13.8. The van der Waals surface area contributed by atoms with Gasteiger partial charge in [0.05, 0.1) is 25.2 Å². The molecule has 1 atom stereocenters. The Morgan fingerprint density at radius 1 is 1.42 bits per heavy atom. The van der Waals surface area contributed by atoms with Gasteiger partial charge in [-0.3, -0.25) is 0 Å². The summed E-state index contributed by atoms with van der Waals surface area (Å²) in [5.41, 5.74) is 0.793. The van der Waals surface area contributed by atoms with Crippen LogP contribution in [0.15, 0.2) is 28.8 Å². The molecule has 2 aromatic rings. The molecule has 5 nitrogen and oxygen atoms in total. The Bertz CT molecular complexity index is 563. The fraction of sp³-hybridized carbons (Fsp3) is 0.429. The molecule has 1 N–H and O–H groups in total. The Morgan fingerprint density at radius 2 is 2.21 bits per heavy atom. The minimum atomic E-state index is -0.369. The van der Waals surface area contributed by atoms with Crippen LogP contribution in [-0.2, 0) is 6.42 Å². The molecule has 1 aromatic carbocycles. The quantitative estimate of drug-likeness (QED) is 0.891. The number of aliphatic hydroxyl groups is 1. The van der Waals surface area contributed by atoms with Crippen LogP contribution in [0.25, 0.3) is 11.4 Å². The summed E-state index contributed by atoms with van der Waals surface area (Å²) in [6.07, 6.45) is 2.24. The molecule has 0 bridgehead atoms. The largest absolute Gasteiger partial charge is 0.496 e. The molecule has 1 heterocycles. The van der Waals surface area contributed by atoms with Gasteiger partial charge in [-0.05, 0) is 30.9 Å². The Labute approximate surface area is 111 Å². The highest BCUT2D eigenvalue weighted by Crippen LogP contribution is 2.34. The first-order chi connectivity index (χ1) is 9.28. The van der Waals surface area contributed by atoms with E-state index in [0.717, 1.165) is 18.4 Å². The van der Waals surface area contributed by atoms with E-state index in [1.165, 1.54) is 0 Å². The van der Waals surface area contributed by atoms with Gasteiger partial charge in [0.25, 0.3) is 0 Å².